The summed E-state index contributed by atoms with van der Waals surface area (Å²) in [5.74, 6) is 0.372. The fourth-order valence-corrected chi connectivity index (χ4v) is 6.30. The summed E-state index contributed by atoms with van der Waals surface area (Å²) in [6.45, 7) is 2.37. The smallest absolute Gasteiger partial charge is 0.115 e. The normalized spacial score (nSPS) is 32.0. The molecule has 1 fully saturated rings. The first-order valence-electron chi connectivity index (χ1n) is 10.3. The summed E-state index contributed by atoms with van der Waals surface area (Å²) >= 11 is 0. The van der Waals surface area contributed by atoms with Gasteiger partial charge in [-0.1, -0.05) is 54.5 Å². The Morgan fingerprint density at radius 2 is 1.81 bits per heavy atom. The van der Waals surface area contributed by atoms with Crippen LogP contribution < -0.4 is 0 Å². The molecule has 0 aliphatic heterocycles. The zero-order chi connectivity index (χ0) is 18.6. The van der Waals surface area contributed by atoms with Gasteiger partial charge < -0.3 is 10.2 Å². The number of aliphatic hydroxyl groups is 1. The Bertz CT molecular complexity index is 913. The highest BCUT2D eigenvalue weighted by molar-refractivity contribution is 5.53. The minimum absolute atomic E-state index is 0.0154. The summed E-state index contributed by atoms with van der Waals surface area (Å²) in [7, 11) is 0. The molecule has 0 heterocycles. The third kappa shape index (κ3) is 2.57. The van der Waals surface area contributed by atoms with Gasteiger partial charge in [-0.2, -0.15) is 0 Å². The van der Waals surface area contributed by atoms with Crippen molar-refractivity contribution in [2.75, 3.05) is 0 Å². The van der Waals surface area contributed by atoms with Crippen LogP contribution in [-0.2, 0) is 18.3 Å². The number of phenols is 1. The van der Waals surface area contributed by atoms with E-state index in [0.29, 0.717) is 5.75 Å². The molecule has 0 saturated heterocycles. The summed E-state index contributed by atoms with van der Waals surface area (Å²) in [6.07, 6.45) is 6.89. The highest BCUT2D eigenvalue weighted by atomic mass is 16.3. The molecule has 5 rings (SSSR count). The number of phenolic OH excluding ortho intramolecular Hbond substituents is 1. The Morgan fingerprint density at radius 1 is 1.00 bits per heavy atom. The maximum absolute atomic E-state index is 10.5. The van der Waals surface area contributed by atoms with Gasteiger partial charge in [-0.15, -0.1) is 0 Å². The van der Waals surface area contributed by atoms with Gasteiger partial charge in [0.25, 0.3) is 0 Å². The quantitative estimate of drug-likeness (QED) is 0.734. The van der Waals surface area contributed by atoms with Crippen LogP contribution in [-0.4, -0.2) is 16.3 Å². The number of rotatable bonds is 2. The molecule has 0 radical (unpaired) electrons. The van der Waals surface area contributed by atoms with Crippen molar-refractivity contribution in [2.24, 2.45) is 5.41 Å². The second kappa shape index (κ2) is 5.97. The molecule has 3 aliphatic rings. The molecule has 1 saturated carbocycles. The monoisotopic (exact) mass is 360 g/mol. The van der Waals surface area contributed by atoms with Gasteiger partial charge in [-0.25, -0.2) is 0 Å². The summed E-state index contributed by atoms with van der Waals surface area (Å²) in [4.78, 5) is 0. The van der Waals surface area contributed by atoms with Crippen LogP contribution >= 0.6 is 0 Å². The van der Waals surface area contributed by atoms with Crippen LogP contribution in [0.4, 0.5) is 0 Å². The van der Waals surface area contributed by atoms with Crippen molar-refractivity contribution in [1.29, 1.82) is 0 Å². The van der Waals surface area contributed by atoms with Crippen molar-refractivity contribution in [2.45, 2.75) is 63.4 Å². The van der Waals surface area contributed by atoms with Gasteiger partial charge in [0.1, 0.15) is 5.75 Å². The Balaban J connectivity index is 1.72. The number of aliphatic hydroxyl groups excluding tert-OH is 1. The number of aromatic hydroxyl groups is 1. The van der Waals surface area contributed by atoms with Crippen molar-refractivity contribution >= 4 is 0 Å². The highest BCUT2D eigenvalue weighted by Crippen LogP contribution is 2.60. The van der Waals surface area contributed by atoms with Crippen LogP contribution in [0, 0.1) is 5.41 Å². The topological polar surface area (TPSA) is 40.5 Å². The fraction of sp³-hybridized carbons (Fsp3) is 0.440. The van der Waals surface area contributed by atoms with E-state index in [2.05, 4.69) is 43.3 Å². The first kappa shape index (κ1) is 17.1. The molecule has 0 amide bonds. The van der Waals surface area contributed by atoms with Crippen LogP contribution in [0.2, 0.25) is 0 Å². The lowest BCUT2D eigenvalue weighted by Gasteiger charge is -2.50. The largest absolute Gasteiger partial charge is 0.508 e. The first-order valence-corrected chi connectivity index (χ1v) is 10.3. The van der Waals surface area contributed by atoms with Crippen LogP contribution in [0.1, 0.15) is 55.7 Å². The standard InChI is InChI=1S/C25H28O2/c1-24-11-12-25(15-17-5-3-2-4-6-17)21-10-8-19(26)13-18(21)7-9-22(25)23(24)14-20(27)16-24/h2-6,8,10,13,20,26-27H,7,9,11-12,14-16H2,1H3/t20-,24-,25-/m1/s1. The van der Waals surface area contributed by atoms with Crippen molar-refractivity contribution in [3.8, 4) is 5.75 Å². The second-order valence-corrected chi connectivity index (χ2v) is 9.17. The molecule has 0 bridgehead atoms. The van der Waals surface area contributed by atoms with Crippen molar-refractivity contribution in [3.63, 3.8) is 0 Å². The number of allylic oxidation sites excluding steroid dienone is 1. The molecule has 2 aromatic carbocycles. The van der Waals surface area contributed by atoms with Crippen molar-refractivity contribution in [3.05, 3.63) is 76.4 Å². The van der Waals surface area contributed by atoms with Crippen LogP contribution in [0.15, 0.2) is 59.7 Å². The lowest BCUT2D eigenvalue weighted by atomic mass is 9.54. The van der Waals surface area contributed by atoms with E-state index < -0.39 is 0 Å². The number of aryl methyl sites for hydroxylation is 1. The molecular weight excluding hydrogens is 332 g/mol. The Morgan fingerprint density at radius 3 is 2.63 bits per heavy atom. The Hall–Kier alpha value is -2.06. The molecule has 0 spiro atoms. The average molecular weight is 360 g/mol. The minimum atomic E-state index is -0.189. The van der Waals surface area contributed by atoms with E-state index in [0.717, 1.165) is 44.9 Å². The van der Waals surface area contributed by atoms with E-state index >= 15 is 0 Å². The number of fused-ring (bicyclic) bond motifs is 4. The molecular formula is C25H28O2. The van der Waals surface area contributed by atoms with E-state index in [1.807, 2.05) is 12.1 Å². The predicted octanol–water partition coefficient (Wildman–Crippen LogP) is 5.07. The zero-order valence-corrected chi connectivity index (χ0v) is 16.0. The van der Waals surface area contributed by atoms with E-state index in [4.69, 9.17) is 0 Å². The van der Waals surface area contributed by atoms with Crippen LogP contribution in [0.3, 0.4) is 0 Å². The molecule has 2 nitrogen and oxygen atoms in total. The van der Waals surface area contributed by atoms with Gasteiger partial charge in [-0.05, 0) is 79.2 Å². The summed E-state index contributed by atoms with van der Waals surface area (Å²) in [6, 6.07) is 16.8. The van der Waals surface area contributed by atoms with Crippen LogP contribution in [0.5, 0.6) is 5.75 Å². The van der Waals surface area contributed by atoms with Crippen molar-refractivity contribution in [1.82, 2.24) is 0 Å². The van der Waals surface area contributed by atoms with Crippen molar-refractivity contribution < 1.29 is 10.2 Å². The first-order chi connectivity index (χ1) is 13.0. The third-order valence-corrected chi connectivity index (χ3v) is 7.50. The van der Waals surface area contributed by atoms with Crippen LogP contribution in [0.25, 0.3) is 0 Å². The number of benzene rings is 2. The molecule has 0 aromatic heterocycles. The number of hydrogen-bond acceptors (Lipinski definition) is 2. The van der Waals surface area contributed by atoms with Gasteiger partial charge in [-0.3, -0.25) is 0 Å². The molecule has 2 heteroatoms. The lowest BCUT2D eigenvalue weighted by Crippen LogP contribution is -2.42. The van der Waals surface area contributed by atoms with Gasteiger partial charge >= 0.3 is 0 Å². The predicted molar refractivity (Wildman–Crippen MR) is 108 cm³/mol. The molecule has 2 aromatic rings. The van der Waals surface area contributed by atoms with E-state index in [1.54, 1.807) is 5.57 Å². The van der Waals surface area contributed by atoms with E-state index in [9.17, 15) is 10.2 Å². The summed E-state index contributed by atoms with van der Waals surface area (Å²) in [5, 5.41) is 20.5. The fourth-order valence-electron chi connectivity index (χ4n) is 6.30. The summed E-state index contributed by atoms with van der Waals surface area (Å²) < 4.78 is 0. The van der Waals surface area contributed by atoms with Gasteiger partial charge in [0.2, 0.25) is 0 Å². The second-order valence-electron chi connectivity index (χ2n) is 9.17. The third-order valence-electron chi connectivity index (χ3n) is 7.50. The molecule has 0 unspecified atom stereocenters. The maximum atomic E-state index is 10.5. The molecule has 3 aliphatic carbocycles. The van der Waals surface area contributed by atoms with Gasteiger partial charge in [0.15, 0.2) is 0 Å². The molecule has 3 atom stereocenters. The Labute approximate surface area is 161 Å². The lowest BCUT2D eigenvalue weighted by molar-refractivity contribution is 0.156. The average Bonchev–Trinajstić information content (AvgIpc) is 2.96. The Kier molecular flexibility index (Phi) is 3.77. The van der Waals surface area contributed by atoms with Gasteiger partial charge in [0, 0.05) is 5.41 Å². The minimum Gasteiger partial charge on any atom is -0.508 e. The zero-order valence-electron chi connectivity index (χ0n) is 16.0. The highest BCUT2D eigenvalue weighted by Gasteiger charge is 2.52. The van der Waals surface area contributed by atoms with Gasteiger partial charge in [0.05, 0.1) is 6.10 Å². The summed E-state index contributed by atoms with van der Waals surface area (Å²) in [5.41, 5.74) is 7.40. The molecule has 2 N–H and O–H groups in total. The molecule has 140 valence electrons. The molecule has 27 heavy (non-hydrogen) atoms. The SMILES string of the molecule is C[C@]12CC[C@]3(Cc4ccccc4)C(=C1C[C@@H](O)C2)CCc1cc(O)ccc13. The van der Waals surface area contributed by atoms with E-state index in [1.165, 1.54) is 22.3 Å². The van der Waals surface area contributed by atoms with E-state index in [-0.39, 0.29) is 16.9 Å². The number of hydrogen-bond donors (Lipinski definition) is 2. The maximum Gasteiger partial charge on any atom is 0.115 e.